The van der Waals surface area contributed by atoms with Crippen molar-refractivity contribution in [2.24, 2.45) is 11.8 Å². The highest BCUT2D eigenvalue weighted by atomic mass is 35.5. The third kappa shape index (κ3) is 0.784. The molecule has 4 atom stereocenters. The molecule has 0 saturated heterocycles. The van der Waals surface area contributed by atoms with Crippen molar-refractivity contribution < 1.29 is 0 Å². The monoisotopic (exact) mass is 212 g/mol. The highest BCUT2D eigenvalue weighted by molar-refractivity contribution is 6.38. The maximum atomic E-state index is 8.96. The number of allylic oxidation sites excluding steroid dienone is 2. The first-order valence-corrected chi connectivity index (χ1v) is 4.72. The van der Waals surface area contributed by atoms with Crippen molar-refractivity contribution in [3.8, 4) is 12.1 Å². The highest BCUT2D eigenvalue weighted by Crippen LogP contribution is 2.59. The van der Waals surface area contributed by atoms with E-state index in [0.29, 0.717) is 6.42 Å². The lowest BCUT2D eigenvalue weighted by molar-refractivity contribution is 0.534. The molecule has 0 N–H and O–H groups in total. The van der Waals surface area contributed by atoms with Crippen LogP contribution in [0.3, 0.4) is 0 Å². The van der Waals surface area contributed by atoms with Crippen molar-refractivity contribution >= 4 is 23.2 Å². The summed E-state index contributed by atoms with van der Waals surface area (Å²) in [7, 11) is 0. The van der Waals surface area contributed by atoms with Gasteiger partial charge in [0.25, 0.3) is 0 Å². The van der Waals surface area contributed by atoms with Crippen LogP contribution in [0, 0.1) is 34.5 Å². The molecule has 0 radical (unpaired) electrons. The highest BCUT2D eigenvalue weighted by Gasteiger charge is 2.66. The van der Waals surface area contributed by atoms with E-state index in [4.69, 9.17) is 33.7 Å². The zero-order valence-corrected chi connectivity index (χ0v) is 8.18. The first kappa shape index (κ1) is 8.88. The molecule has 2 nitrogen and oxygen atoms in total. The summed E-state index contributed by atoms with van der Waals surface area (Å²) in [4.78, 5) is -2.49. The number of halogens is 2. The molecule has 2 bridgehead atoms. The molecular formula is C9H6Cl2N2. The quantitative estimate of drug-likeness (QED) is 0.457. The number of alkyl halides is 2. The molecular weight excluding hydrogens is 207 g/mol. The molecule has 13 heavy (non-hydrogen) atoms. The SMILES string of the molecule is N#CC1(Cl)C2C=CC(C2)C1(Cl)C#N. The number of hydrogen-bond acceptors (Lipinski definition) is 2. The Hall–Kier alpha value is -0.700. The summed E-state index contributed by atoms with van der Waals surface area (Å²) in [6, 6.07) is 3.95. The summed E-state index contributed by atoms with van der Waals surface area (Å²) < 4.78 is 0. The fraction of sp³-hybridized carbons (Fsp3) is 0.556. The second kappa shape index (κ2) is 2.41. The Labute approximate surface area is 86.3 Å². The fourth-order valence-electron chi connectivity index (χ4n) is 2.16. The molecule has 1 saturated carbocycles. The maximum absolute atomic E-state index is 8.96. The van der Waals surface area contributed by atoms with Crippen molar-refractivity contribution in [3.63, 3.8) is 0 Å². The molecule has 0 amide bonds. The van der Waals surface area contributed by atoms with E-state index in [1.54, 1.807) is 0 Å². The summed E-state index contributed by atoms with van der Waals surface area (Å²) in [6.07, 6.45) is 4.49. The molecule has 0 aliphatic heterocycles. The average Bonchev–Trinajstić information content (AvgIpc) is 2.70. The maximum Gasteiger partial charge on any atom is 0.169 e. The second-order valence-electron chi connectivity index (χ2n) is 3.48. The zero-order chi connectivity index (χ0) is 9.69. The Balaban J connectivity index is 2.57. The van der Waals surface area contributed by atoms with Crippen LogP contribution in [0.4, 0.5) is 0 Å². The lowest BCUT2D eigenvalue weighted by Gasteiger charge is -2.32. The van der Waals surface area contributed by atoms with Gasteiger partial charge in [0.1, 0.15) is 0 Å². The van der Waals surface area contributed by atoms with Gasteiger partial charge in [0, 0.05) is 11.8 Å². The topological polar surface area (TPSA) is 47.6 Å². The van der Waals surface area contributed by atoms with Crippen LogP contribution in [0.2, 0.25) is 0 Å². The van der Waals surface area contributed by atoms with E-state index in [1.807, 2.05) is 24.3 Å². The normalized spacial score (nSPS) is 51.7. The summed E-state index contributed by atoms with van der Waals surface area (Å²) >= 11 is 12.2. The smallest absolute Gasteiger partial charge is 0.169 e. The Morgan fingerprint density at radius 1 is 1.08 bits per heavy atom. The summed E-state index contributed by atoms with van der Waals surface area (Å²) in [5.41, 5.74) is 0. The van der Waals surface area contributed by atoms with Gasteiger partial charge in [-0.3, -0.25) is 0 Å². The second-order valence-corrected chi connectivity index (χ2v) is 4.67. The van der Waals surface area contributed by atoms with E-state index >= 15 is 0 Å². The molecule has 66 valence electrons. The van der Waals surface area contributed by atoms with E-state index in [2.05, 4.69) is 0 Å². The minimum absolute atomic E-state index is 0.0821. The van der Waals surface area contributed by atoms with Crippen LogP contribution in [-0.2, 0) is 0 Å². The van der Waals surface area contributed by atoms with Crippen molar-refractivity contribution in [3.05, 3.63) is 12.2 Å². The molecule has 0 aromatic carbocycles. The van der Waals surface area contributed by atoms with Crippen LogP contribution in [0.5, 0.6) is 0 Å². The lowest BCUT2D eigenvalue weighted by atomic mass is 9.83. The van der Waals surface area contributed by atoms with E-state index in [1.165, 1.54) is 0 Å². The van der Waals surface area contributed by atoms with Gasteiger partial charge < -0.3 is 0 Å². The number of rotatable bonds is 0. The van der Waals surface area contributed by atoms with Gasteiger partial charge in [0.05, 0.1) is 12.1 Å². The molecule has 2 aliphatic rings. The lowest BCUT2D eigenvalue weighted by Crippen LogP contribution is -2.46. The van der Waals surface area contributed by atoms with Gasteiger partial charge in [0.15, 0.2) is 9.75 Å². The minimum atomic E-state index is -1.25. The largest absolute Gasteiger partial charge is 0.196 e. The van der Waals surface area contributed by atoms with Gasteiger partial charge in [0.2, 0.25) is 0 Å². The van der Waals surface area contributed by atoms with Gasteiger partial charge in [-0.1, -0.05) is 35.4 Å². The molecule has 0 aromatic heterocycles. The third-order valence-electron chi connectivity index (χ3n) is 2.96. The van der Waals surface area contributed by atoms with Crippen molar-refractivity contribution in [2.45, 2.75) is 16.2 Å². The number of nitriles is 2. The molecule has 2 aliphatic carbocycles. The fourth-order valence-corrected chi connectivity index (χ4v) is 2.85. The van der Waals surface area contributed by atoms with Crippen LogP contribution in [-0.4, -0.2) is 9.75 Å². The van der Waals surface area contributed by atoms with Gasteiger partial charge in [-0.25, -0.2) is 0 Å². The zero-order valence-electron chi connectivity index (χ0n) is 6.67. The molecule has 4 unspecified atom stereocenters. The summed E-state index contributed by atoms with van der Waals surface area (Å²) in [5, 5.41) is 17.9. The predicted molar refractivity (Wildman–Crippen MR) is 49.1 cm³/mol. The van der Waals surface area contributed by atoms with E-state index < -0.39 is 9.75 Å². The first-order chi connectivity index (χ1) is 6.08. The number of fused-ring (bicyclic) bond motifs is 2. The predicted octanol–water partition coefficient (Wildman–Crippen LogP) is 2.19. The van der Waals surface area contributed by atoms with Crippen molar-refractivity contribution in [1.29, 1.82) is 10.5 Å². The summed E-state index contributed by atoms with van der Waals surface area (Å²) in [5.74, 6) is -0.164. The van der Waals surface area contributed by atoms with Crippen LogP contribution in [0.25, 0.3) is 0 Å². The Kier molecular flexibility index (Phi) is 1.65. The molecule has 0 heterocycles. The van der Waals surface area contributed by atoms with Crippen LogP contribution >= 0.6 is 23.2 Å². The van der Waals surface area contributed by atoms with E-state index in [-0.39, 0.29) is 11.8 Å². The van der Waals surface area contributed by atoms with Crippen molar-refractivity contribution in [1.82, 2.24) is 0 Å². The van der Waals surface area contributed by atoms with Gasteiger partial charge >= 0.3 is 0 Å². The minimum Gasteiger partial charge on any atom is -0.196 e. The van der Waals surface area contributed by atoms with Crippen LogP contribution in [0.15, 0.2) is 12.2 Å². The average molecular weight is 213 g/mol. The number of nitrogens with zero attached hydrogens (tertiary/aromatic N) is 2. The Morgan fingerprint density at radius 3 is 1.77 bits per heavy atom. The van der Waals surface area contributed by atoms with Crippen LogP contribution < -0.4 is 0 Å². The van der Waals surface area contributed by atoms with Gasteiger partial charge in [-0.15, -0.1) is 0 Å². The molecule has 1 fully saturated rings. The Morgan fingerprint density at radius 2 is 1.46 bits per heavy atom. The molecule has 2 rings (SSSR count). The molecule has 0 spiro atoms. The van der Waals surface area contributed by atoms with Gasteiger partial charge in [-0.05, 0) is 6.42 Å². The Bertz CT molecular complexity index is 331. The molecule has 0 aromatic rings. The van der Waals surface area contributed by atoms with E-state index in [9.17, 15) is 0 Å². The molecule has 4 heteroatoms. The summed E-state index contributed by atoms with van der Waals surface area (Å²) in [6.45, 7) is 0. The standard InChI is InChI=1S/C9H6Cl2N2/c10-8(4-12)6-1-2-7(3-6)9(8,11)5-13/h1-2,6-7H,3H2. The first-order valence-electron chi connectivity index (χ1n) is 3.97. The van der Waals surface area contributed by atoms with Crippen molar-refractivity contribution in [2.75, 3.05) is 0 Å². The number of hydrogen-bond donors (Lipinski definition) is 0. The third-order valence-corrected chi connectivity index (χ3v) is 4.38. The van der Waals surface area contributed by atoms with Crippen LogP contribution in [0.1, 0.15) is 6.42 Å². The van der Waals surface area contributed by atoms with E-state index in [0.717, 1.165) is 0 Å². The van der Waals surface area contributed by atoms with Gasteiger partial charge in [-0.2, -0.15) is 10.5 Å².